The van der Waals surface area contributed by atoms with Crippen LogP contribution in [0.3, 0.4) is 0 Å². The van der Waals surface area contributed by atoms with Crippen molar-refractivity contribution >= 4 is 17.7 Å². The number of pyridine rings is 1. The summed E-state index contributed by atoms with van der Waals surface area (Å²) in [6.07, 6.45) is 3.46. The predicted molar refractivity (Wildman–Crippen MR) is 127 cm³/mol. The maximum atomic E-state index is 12.5. The second kappa shape index (κ2) is 10.6. The molecule has 0 unspecified atom stereocenters. The van der Waals surface area contributed by atoms with Crippen LogP contribution in [0, 0.1) is 0 Å². The van der Waals surface area contributed by atoms with Crippen LogP contribution < -0.4 is 14.8 Å². The van der Waals surface area contributed by atoms with Crippen LogP contribution in [0.1, 0.15) is 5.56 Å². The minimum Gasteiger partial charge on any atom is -0.493 e. The summed E-state index contributed by atoms with van der Waals surface area (Å²) < 4.78 is 12.5. The molecule has 0 bridgehead atoms. The molecular formula is C24H23N5O3S. The zero-order valence-corrected chi connectivity index (χ0v) is 19.1. The lowest BCUT2D eigenvalue weighted by Crippen LogP contribution is -2.24. The first-order chi connectivity index (χ1) is 16.2. The maximum absolute atomic E-state index is 12.5. The van der Waals surface area contributed by atoms with Gasteiger partial charge in [0.15, 0.2) is 22.5 Å². The molecule has 2 aromatic carbocycles. The standard InChI is InChI=1S/C24H23N5O3S/c1-31-20-11-10-17(13-21(20)32-2)14-26-22(30)16-33-24-28-27-23(18-7-6-12-25-15-18)29(24)19-8-4-3-5-9-19/h3-13,15H,14,16H2,1-2H3,(H,26,30). The van der Waals surface area contributed by atoms with E-state index in [1.807, 2.05) is 65.2 Å². The fourth-order valence-electron chi connectivity index (χ4n) is 3.23. The van der Waals surface area contributed by atoms with Crippen molar-refractivity contribution in [3.63, 3.8) is 0 Å². The molecular weight excluding hydrogens is 438 g/mol. The number of amides is 1. The number of nitrogens with zero attached hydrogens (tertiary/aromatic N) is 4. The number of aromatic nitrogens is 4. The Morgan fingerprint density at radius 1 is 1.00 bits per heavy atom. The van der Waals surface area contributed by atoms with Crippen LogP contribution in [0.15, 0.2) is 78.2 Å². The van der Waals surface area contributed by atoms with Gasteiger partial charge in [0, 0.05) is 30.2 Å². The highest BCUT2D eigenvalue weighted by molar-refractivity contribution is 7.99. The fraction of sp³-hybridized carbons (Fsp3) is 0.167. The minimum atomic E-state index is -0.111. The second-order valence-corrected chi connectivity index (χ2v) is 7.92. The molecule has 0 saturated heterocycles. The van der Waals surface area contributed by atoms with Crippen molar-refractivity contribution in [3.05, 3.63) is 78.6 Å². The first kappa shape index (κ1) is 22.3. The van der Waals surface area contributed by atoms with Crippen molar-refractivity contribution < 1.29 is 14.3 Å². The van der Waals surface area contributed by atoms with E-state index >= 15 is 0 Å². The zero-order valence-electron chi connectivity index (χ0n) is 18.3. The summed E-state index contributed by atoms with van der Waals surface area (Å²) in [5, 5.41) is 12.3. The van der Waals surface area contributed by atoms with Gasteiger partial charge < -0.3 is 14.8 Å². The first-order valence-electron chi connectivity index (χ1n) is 10.2. The normalized spacial score (nSPS) is 10.6. The summed E-state index contributed by atoms with van der Waals surface area (Å²) in [5.41, 5.74) is 2.67. The Kier molecular flexibility index (Phi) is 7.21. The molecule has 0 aliphatic heterocycles. The molecule has 0 atom stereocenters. The van der Waals surface area contributed by atoms with Crippen molar-refractivity contribution in [2.45, 2.75) is 11.7 Å². The smallest absolute Gasteiger partial charge is 0.230 e. The molecule has 1 amide bonds. The molecule has 168 valence electrons. The van der Waals surface area contributed by atoms with Gasteiger partial charge in [-0.2, -0.15) is 0 Å². The van der Waals surface area contributed by atoms with Gasteiger partial charge >= 0.3 is 0 Å². The van der Waals surface area contributed by atoms with E-state index in [1.54, 1.807) is 26.6 Å². The lowest BCUT2D eigenvalue weighted by atomic mass is 10.2. The Bertz CT molecular complexity index is 1220. The Labute approximate surface area is 196 Å². The molecule has 0 radical (unpaired) electrons. The van der Waals surface area contributed by atoms with Crippen LogP contribution >= 0.6 is 11.8 Å². The Morgan fingerprint density at radius 3 is 2.55 bits per heavy atom. The molecule has 8 nitrogen and oxygen atoms in total. The molecule has 0 aliphatic rings. The third-order valence-electron chi connectivity index (χ3n) is 4.84. The lowest BCUT2D eigenvalue weighted by Gasteiger charge is -2.11. The van der Waals surface area contributed by atoms with Gasteiger partial charge in [-0.15, -0.1) is 10.2 Å². The molecule has 2 aromatic heterocycles. The van der Waals surface area contributed by atoms with Crippen LogP contribution in [0.4, 0.5) is 0 Å². The van der Waals surface area contributed by atoms with E-state index in [0.29, 0.717) is 29.0 Å². The summed E-state index contributed by atoms with van der Waals surface area (Å²) in [5.74, 6) is 2.03. The number of para-hydroxylation sites is 1. The van der Waals surface area contributed by atoms with E-state index in [4.69, 9.17) is 9.47 Å². The highest BCUT2D eigenvalue weighted by Gasteiger charge is 2.17. The number of rotatable bonds is 9. The Balaban J connectivity index is 1.46. The summed E-state index contributed by atoms with van der Waals surface area (Å²) in [6.45, 7) is 0.381. The van der Waals surface area contributed by atoms with Gasteiger partial charge in [-0.3, -0.25) is 14.3 Å². The average molecular weight is 462 g/mol. The summed E-state index contributed by atoms with van der Waals surface area (Å²) in [6, 6.07) is 19.1. The number of benzene rings is 2. The van der Waals surface area contributed by atoms with Crippen molar-refractivity contribution in [1.82, 2.24) is 25.1 Å². The van der Waals surface area contributed by atoms with Crippen molar-refractivity contribution in [2.24, 2.45) is 0 Å². The third kappa shape index (κ3) is 5.32. The zero-order chi connectivity index (χ0) is 23.0. The number of hydrogen-bond donors (Lipinski definition) is 1. The number of nitrogens with one attached hydrogen (secondary N) is 1. The summed E-state index contributed by atoms with van der Waals surface area (Å²) in [7, 11) is 3.17. The van der Waals surface area contributed by atoms with Crippen LogP contribution in [-0.4, -0.2) is 45.6 Å². The monoisotopic (exact) mass is 461 g/mol. The van der Waals surface area contributed by atoms with Gasteiger partial charge in [-0.05, 0) is 42.0 Å². The largest absolute Gasteiger partial charge is 0.493 e. The van der Waals surface area contributed by atoms with E-state index in [-0.39, 0.29) is 11.7 Å². The highest BCUT2D eigenvalue weighted by atomic mass is 32.2. The van der Waals surface area contributed by atoms with E-state index in [9.17, 15) is 4.79 Å². The lowest BCUT2D eigenvalue weighted by molar-refractivity contribution is -0.118. The second-order valence-electron chi connectivity index (χ2n) is 6.97. The molecule has 9 heteroatoms. The molecule has 0 fully saturated rings. The minimum absolute atomic E-state index is 0.111. The molecule has 4 rings (SSSR count). The summed E-state index contributed by atoms with van der Waals surface area (Å²) in [4.78, 5) is 16.7. The van der Waals surface area contributed by atoms with E-state index in [0.717, 1.165) is 16.8 Å². The van der Waals surface area contributed by atoms with Crippen molar-refractivity contribution in [1.29, 1.82) is 0 Å². The highest BCUT2D eigenvalue weighted by Crippen LogP contribution is 2.28. The Hall–Kier alpha value is -3.85. The molecule has 0 spiro atoms. The van der Waals surface area contributed by atoms with E-state index in [2.05, 4.69) is 20.5 Å². The van der Waals surface area contributed by atoms with Crippen LogP contribution in [-0.2, 0) is 11.3 Å². The molecule has 1 N–H and O–H groups in total. The van der Waals surface area contributed by atoms with Gasteiger partial charge in [-0.25, -0.2) is 0 Å². The van der Waals surface area contributed by atoms with Crippen molar-refractivity contribution in [2.75, 3.05) is 20.0 Å². The van der Waals surface area contributed by atoms with Crippen molar-refractivity contribution in [3.8, 4) is 28.6 Å². The van der Waals surface area contributed by atoms with Crippen LogP contribution in [0.5, 0.6) is 11.5 Å². The third-order valence-corrected chi connectivity index (χ3v) is 5.77. The topological polar surface area (TPSA) is 91.2 Å². The SMILES string of the molecule is COc1ccc(CNC(=O)CSc2nnc(-c3cccnc3)n2-c2ccccc2)cc1OC. The number of carbonyl (C=O) groups is 1. The van der Waals surface area contributed by atoms with Gasteiger partial charge in [0.25, 0.3) is 0 Å². The van der Waals surface area contributed by atoms with Crippen LogP contribution in [0.25, 0.3) is 17.1 Å². The maximum Gasteiger partial charge on any atom is 0.230 e. The molecule has 0 saturated carbocycles. The van der Waals surface area contributed by atoms with Gasteiger partial charge in [0.05, 0.1) is 20.0 Å². The van der Waals surface area contributed by atoms with Gasteiger partial charge in [-0.1, -0.05) is 36.0 Å². The average Bonchev–Trinajstić information content (AvgIpc) is 3.31. The van der Waals surface area contributed by atoms with Gasteiger partial charge in [0.2, 0.25) is 5.91 Å². The van der Waals surface area contributed by atoms with E-state index < -0.39 is 0 Å². The molecule has 33 heavy (non-hydrogen) atoms. The fourth-order valence-corrected chi connectivity index (χ4v) is 4.01. The number of ether oxygens (including phenoxy) is 2. The number of thioether (sulfide) groups is 1. The van der Waals surface area contributed by atoms with Crippen LogP contribution in [0.2, 0.25) is 0 Å². The quantitative estimate of drug-likeness (QED) is 0.380. The van der Waals surface area contributed by atoms with Gasteiger partial charge in [0.1, 0.15) is 0 Å². The molecule has 4 aromatic rings. The molecule has 0 aliphatic carbocycles. The van der Waals surface area contributed by atoms with E-state index in [1.165, 1.54) is 11.8 Å². The Morgan fingerprint density at radius 2 is 1.82 bits per heavy atom. The molecule has 2 heterocycles. The first-order valence-corrected chi connectivity index (χ1v) is 11.2. The number of carbonyl (C=O) groups excluding carboxylic acids is 1. The number of hydrogen-bond acceptors (Lipinski definition) is 7. The number of methoxy groups -OCH3 is 2. The summed E-state index contributed by atoms with van der Waals surface area (Å²) >= 11 is 1.33. The predicted octanol–water partition coefficient (Wildman–Crippen LogP) is 3.76.